The Kier molecular flexibility index (Phi) is 5.22. The van der Waals surface area contributed by atoms with Crippen molar-refractivity contribution in [3.05, 3.63) is 63.1 Å². The molecule has 1 aromatic carbocycles. The maximum atomic E-state index is 13.1. The molecule has 30 heavy (non-hydrogen) atoms. The number of amides is 1. The molecule has 1 aliphatic heterocycles. The Bertz CT molecular complexity index is 1170. The van der Waals surface area contributed by atoms with Gasteiger partial charge in [0, 0.05) is 48.2 Å². The van der Waals surface area contributed by atoms with Gasteiger partial charge in [-0.2, -0.15) is 5.10 Å². The first-order chi connectivity index (χ1) is 14.6. The molecule has 6 nitrogen and oxygen atoms in total. The number of hydrogen-bond acceptors (Lipinski definition) is 6. The summed E-state index contributed by atoms with van der Waals surface area (Å²) in [6, 6.07) is 9.79. The van der Waals surface area contributed by atoms with E-state index in [1.807, 2.05) is 58.4 Å². The lowest BCUT2D eigenvalue weighted by Gasteiger charge is -2.34. The summed E-state index contributed by atoms with van der Waals surface area (Å²) in [5, 5.41) is 9.47. The topological polar surface area (TPSA) is 54.3 Å². The van der Waals surface area contributed by atoms with Gasteiger partial charge in [0.15, 0.2) is 5.13 Å². The van der Waals surface area contributed by atoms with Gasteiger partial charge >= 0.3 is 0 Å². The highest BCUT2D eigenvalue weighted by Crippen LogP contribution is 2.30. The normalized spacial score (nSPS) is 14.6. The van der Waals surface area contributed by atoms with Crippen molar-refractivity contribution < 1.29 is 4.79 Å². The molecule has 0 bridgehead atoms. The predicted octanol–water partition coefficient (Wildman–Crippen LogP) is 4.53. The number of nitrogens with zero attached hydrogens (tertiary/aromatic N) is 5. The third-order valence-corrected chi connectivity index (χ3v) is 7.54. The molecule has 9 heteroatoms. The van der Waals surface area contributed by atoms with Gasteiger partial charge in [-0.3, -0.25) is 9.48 Å². The maximum Gasteiger partial charge on any atom is 0.264 e. The van der Waals surface area contributed by atoms with Gasteiger partial charge in [0.25, 0.3) is 5.91 Å². The molecule has 0 spiro atoms. The van der Waals surface area contributed by atoms with Gasteiger partial charge < -0.3 is 9.80 Å². The molecular formula is C21H20ClN5OS2. The van der Waals surface area contributed by atoms with E-state index in [2.05, 4.69) is 15.0 Å². The van der Waals surface area contributed by atoms with Crippen molar-refractivity contribution in [2.45, 2.75) is 13.5 Å². The van der Waals surface area contributed by atoms with Gasteiger partial charge in [-0.1, -0.05) is 23.7 Å². The molecule has 0 saturated carbocycles. The van der Waals surface area contributed by atoms with Crippen molar-refractivity contribution in [2.24, 2.45) is 0 Å². The van der Waals surface area contributed by atoms with Gasteiger partial charge in [0.1, 0.15) is 4.83 Å². The molecule has 0 unspecified atom stereocenters. The van der Waals surface area contributed by atoms with Crippen LogP contribution in [-0.2, 0) is 6.54 Å². The number of rotatable bonds is 4. The van der Waals surface area contributed by atoms with Crippen molar-refractivity contribution in [3.8, 4) is 0 Å². The van der Waals surface area contributed by atoms with Crippen LogP contribution in [0.3, 0.4) is 0 Å². The lowest BCUT2D eigenvalue weighted by molar-refractivity contribution is 0.0751. The molecule has 1 aliphatic rings. The number of thiophene rings is 1. The summed E-state index contributed by atoms with van der Waals surface area (Å²) in [4.78, 5) is 23.5. The number of thiazole rings is 1. The predicted molar refractivity (Wildman–Crippen MR) is 123 cm³/mol. The minimum absolute atomic E-state index is 0.104. The van der Waals surface area contributed by atoms with Crippen LogP contribution in [0, 0.1) is 6.92 Å². The molecule has 4 heterocycles. The summed E-state index contributed by atoms with van der Waals surface area (Å²) in [5.74, 6) is 0.104. The Balaban J connectivity index is 1.33. The summed E-state index contributed by atoms with van der Waals surface area (Å²) in [7, 11) is 0. The highest BCUT2D eigenvalue weighted by Gasteiger charge is 2.25. The Morgan fingerprint density at radius 2 is 1.93 bits per heavy atom. The van der Waals surface area contributed by atoms with Gasteiger partial charge in [-0.15, -0.1) is 22.7 Å². The summed E-state index contributed by atoms with van der Waals surface area (Å²) >= 11 is 9.16. The lowest BCUT2D eigenvalue weighted by Crippen LogP contribution is -2.48. The number of benzene rings is 1. The van der Waals surface area contributed by atoms with E-state index in [0.717, 1.165) is 49.6 Å². The molecule has 1 amide bonds. The molecule has 0 radical (unpaired) electrons. The standard InChI is InChI=1S/C21H20ClN5OS2/c1-14-17-12-18(19(28)25-7-9-26(10-8-25)21-23-6-11-29-21)30-20(17)27(24-14)13-15-2-4-16(22)5-3-15/h2-6,11-12H,7-10,13H2,1H3. The molecule has 154 valence electrons. The zero-order chi connectivity index (χ0) is 20.7. The first kappa shape index (κ1) is 19.5. The summed E-state index contributed by atoms with van der Waals surface area (Å²) in [6.07, 6.45) is 1.82. The van der Waals surface area contributed by atoms with Crippen LogP contribution in [0.15, 0.2) is 41.9 Å². The van der Waals surface area contributed by atoms with Crippen molar-refractivity contribution >= 4 is 55.5 Å². The Morgan fingerprint density at radius 3 is 2.63 bits per heavy atom. The Labute approximate surface area is 187 Å². The van der Waals surface area contributed by atoms with Crippen molar-refractivity contribution in [2.75, 3.05) is 31.1 Å². The van der Waals surface area contributed by atoms with E-state index in [-0.39, 0.29) is 5.91 Å². The SMILES string of the molecule is Cc1nn(Cc2ccc(Cl)cc2)c2sc(C(=O)N3CCN(c4nccs4)CC3)cc12. The minimum Gasteiger partial charge on any atom is -0.345 e. The highest BCUT2D eigenvalue weighted by molar-refractivity contribution is 7.20. The molecule has 0 aliphatic carbocycles. The first-order valence-corrected chi connectivity index (χ1v) is 11.8. The number of piperazine rings is 1. The highest BCUT2D eigenvalue weighted by atomic mass is 35.5. The minimum atomic E-state index is 0.104. The smallest absolute Gasteiger partial charge is 0.264 e. The summed E-state index contributed by atoms with van der Waals surface area (Å²) in [6.45, 7) is 5.70. The lowest BCUT2D eigenvalue weighted by atomic mass is 10.2. The molecule has 1 fully saturated rings. The number of anilines is 1. The number of aryl methyl sites for hydroxylation is 1. The second-order valence-corrected chi connectivity index (χ2v) is 9.63. The molecular weight excluding hydrogens is 438 g/mol. The fourth-order valence-electron chi connectivity index (χ4n) is 3.72. The van der Waals surface area contributed by atoms with E-state index in [4.69, 9.17) is 11.6 Å². The van der Waals surface area contributed by atoms with E-state index in [9.17, 15) is 4.79 Å². The largest absolute Gasteiger partial charge is 0.345 e. The summed E-state index contributed by atoms with van der Waals surface area (Å²) < 4.78 is 1.98. The fraction of sp³-hybridized carbons (Fsp3) is 0.286. The number of halogens is 1. The molecule has 5 rings (SSSR count). The average Bonchev–Trinajstić information content (AvgIpc) is 3.49. The summed E-state index contributed by atoms with van der Waals surface area (Å²) in [5.41, 5.74) is 2.08. The van der Waals surface area contributed by atoms with Crippen molar-refractivity contribution in [1.82, 2.24) is 19.7 Å². The first-order valence-electron chi connectivity index (χ1n) is 9.73. The van der Waals surface area contributed by atoms with Gasteiger partial charge in [0.05, 0.1) is 17.1 Å². The monoisotopic (exact) mass is 457 g/mol. The van der Waals surface area contributed by atoms with E-state index in [1.165, 1.54) is 11.3 Å². The number of carbonyl (C=O) groups excluding carboxylic acids is 1. The van der Waals surface area contributed by atoms with Crippen molar-refractivity contribution in [3.63, 3.8) is 0 Å². The van der Waals surface area contributed by atoms with E-state index < -0.39 is 0 Å². The van der Waals surface area contributed by atoms with Crippen LogP contribution in [0.2, 0.25) is 5.02 Å². The van der Waals surface area contributed by atoms with Crippen LogP contribution in [0.5, 0.6) is 0 Å². The van der Waals surface area contributed by atoms with Gasteiger partial charge in [-0.05, 0) is 30.7 Å². The second kappa shape index (κ2) is 8.02. The van der Waals surface area contributed by atoms with Crippen LogP contribution >= 0.6 is 34.3 Å². The van der Waals surface area contributed by atoms with E-state index in [1.54, 1.807) is 11.3 Å². The number of hydrogen-bond donors (Lipinski definition) is 0. The zero-order valence-electron chi connectivity index (χ0n) is 16.4. The number of fused-ring (bicyclic) bond motifs is 1. The van der Waals surface area contributed by atoms with Crippen LogP contribution in [0.1, 0.15) is 20.9 Å². The van der Waals surface area contributed by atoms with E-state index >= 15 is 0 Å². The van der Waals surface area contributed by atoms with Crippen LogP contribution in [-0.4, -0.2) is 51.8 Å². The van der Waals surface area contributed by atoms with Crippen LogP contribution in [0.25, 0.3) is 10.2 Å². The van der Waals surface area contributed by atoms with Gasteiger partial charge in [0.2, 0.25) is 0 Å². The molecule has 1 saturated heterocycles. The second-order valence-electron chi connectivity index (χ2n) is 7.29. The average molecular weight is 458 g/mol. The van der Waals surface area contributed by atoms with E-state index in [0.29, 0.717) is 19.6 Å². The molecule has 0 atom stereocenters. The Morgan fingerprint density at radius 1 is 1.17 bits per heavy atom. The Hall–Kier alpha value is -2.42. The van der Waals surface area contributed by atoms with Gasteiger partial charge in [-0.25, -0.2) is 4.98 Å². The number of aromatic nitrogens is 3. The maximum absolute atomic E-state index is 13.1. The number of carbonyl (C=O) groups is 1. The van der Waals surface area contributed by atoms with Crippen LogP contribution in [0.4, 0.5) is 5.13 Å². The fourth-order valence-corrected chi connectivity index (χ4v) is 5.67. The third-order valence-electron chi connectivity index (χ3n) is 5.32. The molecule has 3 aromatic heterocycles. The molecule has 4 aromatic rings. The van der Waals surface area contributed by atoms with Crippen molar-refractivity contribution in [1.29, 1.82) is 0 Å². The zero-order valence-corrected chi connectivity index (χ0v) is 18.8. The quantitative estimate of drug-likeness (QED) is 0.452. The molecule has 0 N–H and O–H groups in total. The van der Waals surface area contributed by atoms with Crippen LogP contribution < -0.4 is 4.90 Å². The third kappa shape index (κ3) is 3.71.